The van der Waals surface area contributed by atoms with Crippen LogP contribution in [-0.4, -0.2) is 45.5 Å². The zero-order valence-corrected chi connectivity index (χ0v) is 21.2. The lowest BCUT2D eigenvalue weighted by Gasteiger charge is -2.25. The first-order chi connectivity index (χ1) is 15.8. The lowest BCUT2D eigenvalue weighted by atomic mass is 9.96. The molecule has 0 aliphatic carbocycles. The third kappa shape index (κ3) is 7.40. The van der Waals surface area contributed by atoms with Crippen molar-refractivity contribution in [1.29, 1.82) is 0 Å². The number of hydrogen-bond donors (Lipinski definition) is 4. The molecule has 0 aliphatic heterocycles. The number of rotatable bonds is 11. The van der Waals surface area contributed by atoms with Gasteiger partial charge in [0.1, 0.15) is 12.3 Å². The number of benzene rings is 1. The summed E-state index contributed by atoms with van der Waals surface area (Å²) in [5.41, 5.74) is -1.13. The minimum Gasteiger partial charge on any atom is -0.357 e. The van der Waals surface area contributed by atoms with Gasteiger partial charge in [-0.1, -0.05) is 39.8 Å². The molecule has 0 radical (unpaired) electrons. The molecule has 0 aliphatic rings. The SMILES string of the molecule is CNC(=O)[C@H](CC(C)C)NC(=O)C(CC(C)C)CP(=O)(O)Cn1c(=O)[nH]c2ccccc2c1=O. The molecule has 2 rings (SSSR count). The third-order valence-corrected chi connectivity index (χ3v) is 7.21. The molecule has 2 unspecified atom stereocenters. The maximum atomic E-state index is 13.2. The van der Waals surface area contributed by atoms with Gasteiger partial charge in [0.15, 0.2) is 0 Å². The number of carbonyl (C=O) groups excluding carboxylic acids is 2. The Bertz CT molecular complexity index is 1190. The average molecular weight is 495 g/mol. The summed E-state index contributed by atoms with van der Waals surface area (Å²) in [7, 11) is -2.65. The molecule has 0 fully saturated rings. The number of nitrogens with one attached hydrogen (secondary N) is 3. The first kappa shape index (κ1) is 27.5. The van der Waals surface area contributed by atoms with E-state index in [2.05, 4.69) is 15.6 Å². The van der Waals surface area contributed by atoms with Crippen LogP contribution in [0.5, 0.6) is 0 Å². The summed E-state index contributed by atoms with van der Waals surface area (Å²) in [6, 6.07) is 5.63. The number of fused-ring (bicyclic) bond motifs is 1. The number of aromatic amines is 1. The van der Waals surface area contributed by atoms with Gasteiger partial charge in [0.25, 0.3) is 5.56 Å². The highest BCUT2D eigenvalue weighted by Gasteiger charge is 2.33. The summed E-state index contributed by atoms with van der Waals surface area (Å²) < 4.78 is 13.9. The van der Waals surface area contributed by atoms with E-state index >= 15 is 0 Å². The lowest BCUT2D eigenvalue weighted by molar-refractivity contribution is -0.131. The molecule has 0 bridgehead atoms. The molecule has 10 nitrogen and oxygen atoms in total. The summed E-state index contributed by atoms with van der Waals surface area (Å²) in [5.74, 6) is -1.54. The monoisotopic (exact) mass is 494 g/mol. The number of amides is 2. The van der Waals surface area contributed by atoms with Gasteiger partial charge >= 0.3 is 5.69 Å². The highest BCUT2D eigenvalue weighted by atomic mass is 31.2. The standard InChI is InChI=1S/C23H35N4O6P/c1-14(2)10-16(20(28)25-19(11-15(3)4)21(29)24-5)12-34(32,33)13-27-22(30)17-8-6-7-9-18(17)26-23(27)31/h6-9,14-16,19H,10-13H2,1-5H3,(H,24,29)(H,25,28)(H,26,31)(H,32,33)/t16?,19-/m0/s1. The number of carbonyl (C=O) groups is 2. The number of H-pyrrole nitrogens is 1. The van der Waals surface area contributed by atoms with Gasteiger partial charge in [0.2, 0.25) is 19.2 Å². The topological polar surface area (TPSA) is 150 Å². The number of nitrogens with zero attached hydrogens (tertiary/aromatic N) is 1. The molecule has 1 aromatic heterocycles. The van der Waals surface area contributed by atoms with Crippen LogP contribution in [0.25, 0.3) is 10.9 Å². The van der Waals surface area contributed by atoms with Crippen LogP contribution in [0.2, 0.25) is 0 Å². The third-order valence-electron chi connectivity index (χ3n) is 5.47. The highest BCUT2D eigenvalue weighted by molar-refractivity contribution is 7.56. The molecular weight excluding hydrogens is 459 g/mol. The maximum absolute atomic E-state index is 13.2. The summed E-state index contributed by atoms with van der Waals surface area (Å²) in [6.07, 6.45) is -0.406. The van der Waals surface area contributed by atoms with Crippen LogP contribution < -0.4 is 21.9 Å². The first-order valence-corrected chi connectivity index (χ1v) is 13.4. The number of para-hydroxylation sites is 1. The summed E-state index contributed by atoms with van der Waals surface area (Å²) >= 11 is 0. The molecule has 0 saturated heterocycles. The van der Waals surface area contributed by atoms with Crippen LogP contribution in [0.15, 0.2) is 33.9 Å². The van der Waals surface area contributed by atoms with Crippen molar-refractivity contribution in [3.8, 4) is 0 Å². The molecule has 3 atom stereocenters. The Hall–Kier alpha value is -2.71. The van der Waals surface area contributed by atoms with Crippen LogP contribution >= 0.6 is 7.37 Å². The van der Waals surface area contributed by atoms with Crippen LogP contribution in [0.3, 0.4) is 0 Å². The van der Waals surface area contributed by atoms with E-state index < -0.39 is 48.9 Å². The van der Waals surface area contributed by atoms with Gasteiger partial charge in [-0.3, -0.25) is 23.5 Å². The van der Waals surface area contributed by atoms with Crippen molar-refractivity contribution in [3.05, 3.63) is 45.1 Å². The van der Waals surface area contributed by atoms with Crippen molar-refractivity contribution in [2.45, 2.75) is 52.9 Å². The highest BCUT2D eigenvalue weighted by Crippen LogP contribution is 2.44. The molecule has 0 spiro atoms. The normalized spacial score (nSPS) is 15.2. The fourth-order valence-corrected chi connectivity index (χ4v) is 5.77. The molecule has 188 valence electrons. The maximum Gasteiger partial charge on any atom is 0.329 e. The molecule has 0 saturated carbocycles. The molecule has 2 amide bonds. The van der Waals surface area contributed by atoms with Gasteiger partial charge in [-0.2, -0.15) is 0 Å². The smallest absolute Gasteiger partial charge is 0.329 e. The fourth-order valence-electron chi connectivity index (χ4n) is 3.95. The second-order valence-corrected chi connectivity index (χ2v) is 11.9. The van der Waals surface area contributed by atoms with Gasteiger partial charge in [0.05, 0.1) is 10.9 Å². The number of hydrogen-bond acceptors (Lipinski definition) is 5. The zero-order valence-electron chi connectivity index (χ0n) is 20.3. The van der Waals surface area contributed by atoms with Gasteiger partial charge in [-0.05, 0) is 36.8 Å². The second kappa shape index (κ2) is 11.6. The first-order valence-electron chi connectivity index (χ1n) is 11.4. The number of aromatic nitrogens is 2. The van der Waals surface area contributed by atoms with Gasteiger partial charge < -0.3 is 20.5 Å². The molecule has 1 aromatic carbocycles. The Labute approximate surface area is 198 Å². The van der Waals surface area contributed by atoms with Gasteiger partial charge in [0, 0.05) is 19.1 Å². The van der Waals surface area contributed by atoms with E-state index in [0.29, 0.717) is 22.9 Å². The van der Waals surface area contributed by atoms with Crippen LogP contribution in [0.1, 0.15) is 40.5 Å². The molecule has 2 aromatic rings. The fraction of sp³-hybridized carbons (Fsp3) is 0.565. The molecule has 4 N–H and O–H groups in total. The van der Waals surface area contributed by atoms with Crippen molar-refractivity contribution in [3.63, 3.8) is 0 Å². The van der Waals surface area contributed by atoms with Crippen molar-refractivity contribution in [2.75, 3.05) is 13.2 Å². The molecule has 1 heterocycles. The Morgan fingerprint density at radius 2 is 1.68 bits per heavy atom. The molecule has 11 heteroatoms. The molecule has 34 heavy (non-hydrogen) atoms. The number of likely N-dealkylation sites (N-methyl/N-ethyl adjacent to an activating group) is 1. The van der Waals surface area contributed by atoms with Crippen LogP contribution in [0, 0.1) is 17.8 Å². The predicted octanol–water partition coefficient (Wildman–Crippen LogP) is 1.86. The Balaban J connectivity index is 2.30. The van der Waals surface area contributed by atoms with E-state index in [1.165, 1.54) is 13.1 Å². The average Bonchev–Trinajstić information content (AvgIpc) is 2.74. The Morgan fingerprint density at radius 3 is 2.26 bits per heavy atom. The van der Waals surface area contributed by atoms with Crippen molar-refractivity contribution in [1.82, 2.24) is 20.2 Å². The van der Waals surface area contributed by atoms with Gasteiger partial charge in [-0.15, -0.1) is 0 Å². The van der Waals surface area contributed by atoms with E-state index in [4.69, 9.17) is 0 Å². The van der Waals surface area contributed by atoms with Gasteiger partial charge in [-0.25, -0.2) is 4.79 Å². The van der Waals surface area contributed by atoms with Crippen LogP contribution in [-0.2, 0) is 20.4 Å². The predicted molar refractivity (Wildman–Crippen MR) is 132 cm³/mol. The summed E-state index contributed by atoms with van der Waals surface area (Å²) in [5, 5.41) is 5.47. The van der Waals surface area contributed by atoms with Crippen molar-refractivity contribution >= 4 is 30.1 Å². The minimum atomic E-state index is -4.13. The largest absolute Gasteiger partial charge is 0.357 e. The van der Waals surface area contributed by atoms with E-state index in [9.17, 15) is 28.6 Å². The lowest BCUT2D eigenvalue weighted by Crippen LogP contribution is -2.49. The second-order valence-electron chi connectivity index (χ2n) is 9.51. The van der Waals surface area contributed by atoms with E-state index in [1.54, 1.807) is 18.2 Å². The zero-order chi connectivity index (χ0) is 25.6. The Kier molecular flexibility index (Phi) is 9.41. The quantitative estimate of drug-likeness (QED) is 0.350. The summed E-state index contributed by atoms with van der Waals surface area (Å²) in [4.78, 5) is 63.8. The van der Waals surface area contributed by atoms with E-state index in [-0.39, 0.29) is 23.1 Å². The van der Waals surface area contributed by atoms with E-state index in [0.717, 1.165) is 0 Å². The Morgan fingerprint density at radius 1 is 1.06 bits per heavy atom. The van der Waals surface area contributed by atoms with Crippen molar-refractivity contribution < 1.29 is 19.0 Å². The minimum absolute atomic E-state index is 0.0334. The van der Waals surface area contributed by atoms with Crippen LogP contribution in [0.4, 0.5) is 0 Å². The molecular formula is C23H35N4O6P. The van der Waals surface area contributed by atoms with E-state index in [1.807, 2.05) is 27.7 Å². The summed E-state index contributed by atoms with van der Waals surface area (Å²) in [6.45, 7) is 7.61. The van der Waals surface area contributed by atoms with Crippen molar-refractivity contribution in [2.24, 2.45) is 17.8 Å².